The van der Waals surface area contributed by atoms with E-state index in [1.54, 1.807) is 6.42 Å². The molecule has 4 aliphatic carbocycles. The molecule has 0 N–H and O–H groups in total. The summed E-state index contributed by atoms with van der Waals surface area (Å²) < 4.78 is 0. The van der Waals surface area contributed by atoms with Gasteiger partial charge in [0.15, 0.2) is 0 Å². The lowest BCUT2D eigenvalue weighted by Crippen LogP contribution is -2.49. The standard InChI is InChI=1S/C30H52/c1-20(2)9-8-10-22(5)24-18-28-26-12-11-25-17-23(21(3)4)13-16-30(25,7)27(26)14-15-29(28,6)19-24/h11,20-24,26-28H,8-10,12-19H2,1-7H3. The minimum Gasteiger partial charge on any atom is -0.0845 e. The van der Waals surface area contributed by atoms with Gasteiger partial charge in [0.1, 0.15) is 0 Å². The smallest absolute Gasteiger partial charge is 0.00851 e. The van der Waals surface area contributed by atoms with E-state index in [1.807, 2.05) is 5.57 Å². The Bertz CT molecular complexity index is 626. The average Bonchev–Trinajstić information content (AvgIpc) is 3.04. The van der Waals surface area contributed by atoms with Gasteiger partial charge in [-0.25, -0.2) is 0 Å². The molecule has 8 atom stereocenters. The molecule has 4 aliphatic rings. The zero-order chi connectivity index (χ0) is 21.7. The van der Waals surface area contributed by atoms with Crippen LogP contribution in [0.1, 0.15) is 119 Å². The molecule has 3 fully saturated rings. The summed E-state index contributed by atoms with van der Waals surface area (Å²) in [5, 5.41) is 0. The molecule has 0 radical (unpaired) electrons. The van der Waals surface area contributed by atoms with Crippen molar-refractivity contribution in [3.05, 3.63) is 11.6 Å². The van der Waals surface area contributed by atoms with Gasteiger partial charge in [0.2, 0.25) is 0 Å². The van der Waals surface area contributed by atoms with E-state index in [4.69, 9.17) is 0 Å². The van der Waals surface area contributed by atoms with Crippen molar-refractivity contribution in [2.75, 3.05) is 0 Å². The number of rotatable bonds is 6. The van der Waals surface area contributed by atoms with Gasteiger partial charge in [-0.05, 0) is 110 Å². The fourth-order valence-corrected chi connectivity index (χ4v) is 8.89. The van der Waals surface area contributed by atoms with Gasteiger partial charge in [-0.2, -0.15) is 0 Å². The normalized spacial score (nSPS) is 44.4. The van der Waals surface area contributed by atoms with Crippen LogP contribution in [0.25, 0.3) is 0 Å². The third kappa shape index (κ3) is 4.08. The minimum atomic E-state index is 0.538. The van der Waals surface area contributed by atoms with Gasteiger partial charge in [0.05, 0.1) is 0 Å². The van der Waals surface area contributed by atoms with Gasteiger partial charge in [0, 0.05) is 0 Å². The second-order valence-corrected chi connectivity index (χ2v) is 13.7. The first kappa shape index (κ1) is 22.9. The molecule has 0 nitrogen and oxygen atoms in total. The topological polar surface area (TPSA) is 0 Å². The molecule has 0 bridgehead atoms. The highest BCUT2D eigenvalue weighted by Crippen LogP contribution is 2.66. The fourth-order valence-electron chi connectivity index (χ4n) is 8.89. The van der Waals surface area contributed by atoms with Gasteiger partial charge in [-0.15, -0.1) is 0 Å². The van der Waals surface area contributed by atoms with E-state index in [0.29, 0.717) is 10.8 Å². The Hall–Kier alpha value is -0.260. The molecule has 8 unspecified atom stereocenters. The largest absolute Gasteiger partial charge is 0.0845 e. The van der Waals surface area contributed by atoms with Gasteiger partial charge in [-0.3, -0.25) is 0 Å². The number of hydrogen-bond donors (Lipinski definition) is 0. The molecule has 0 heterocycles. The summed E-state index contributed by atoms with van der Waals surface area (Å²) >= 11 is 0. The van der Waals surface area contributed by atoms with Crippen LogP contribution < -0.4 is 0 Å². The highest BCUT2D eigenvalue weighted by Gasteiger charge is 2.57. The highest BCUT2D eigenvalue weighted by molar-refractivity contribution is 5.25. The Kier molecular flexibility index (Phi) is 6.56. The maximum Gasteiger partial charge on any atom is -0.00851 e. The van der Waals surface area contributed by atoms with E-state index >= 15 is 0 Å². The second kappa shape index (κ2) is 8.59. The fraction of sp³-hybridized carbons (Fsp3) is 0.933. The second-order valence-electron chi connectivity index (χ2n) is 13.7. The van der Waals surface area contributed by atoms with Gasteiger partial charge in [0.25, 0.3) is 0 Å². The Morgan fingerprint density at radius 3 is 2.40 bits per heavy atom. The first-order valence-electron chi connectivity index (χ1n) is 13.8. The zero-order valence-electron chi connectivity index (χ0n) is 21.5. The molecular weight excluding hydrogens is 360 g/mol. The SMILES string of the molecule is CC(C)CCCC(C)C1CC2C3CC=C4CC(C(C)C)CCC4(C)C3CCC2(C)C1. The number of hydrogen-bond acceptors (Lipinski definition) is 0. The zero-order valence-corrected chi connectivity index (χ0v) is 21.5. The van der Waals surface area contributed by atoms with Crippen molar-refractivity contribution in [2.45, 2.75) is 119 Å². The Labute approximate surface area is 189 Å². The highest BCUT2D eigenvalue weighted by atomic mass is 14.6. The number of fused-ring (bicyclic) bond motifs is 5. The van der Waals surface area contributed by atoms with E-state index < -0.39 is 0 Å². The van der Waals surface area contributed by atoms with Crippen molar-refractivity contribution in [2.24, 2.45) is 58.2 Å². The van der Waals surface area contributed by atoms with Crippen molar-refractivity contribution >= 4 is 0 Å². The third-order valence-corrected chi connectivity index (χ3v) is 11.1. The van der Waals surface area contributed by atoms with Crippen molar-refractivity contribution in [3.8, 4) is 0 Å². The van der Waals surface area contributed by atoms with E-state index in [-0.39, 0.29) is 0 Å². The summed E-state index contributed by atoms with van der Waals surface area (Å²) in [5.41, 5.74) is 3.07. The molecule has 30 heavy (non-hydrogen) atoms. The maximum absolute atomic E-state index is 2.78. The molecule has 0 aromatic heterocycles. The van der Waals surface area contributed by atoms with Crippen molar-refractivity contribution < 1.29 is 0 Å². The molecule has 0 aromatic carbocycles. The lowest BCUT2D eigenvalue weighted by molar-refractivity contribution is -0.0305. The Morgan fingerprint density at radius 2 is 1.70 bits per heavy atom. The van der Waals surface area contributed by atoms with Crippen molar-refractivity contribution in [1.29, 1.82) is 0 Å². The third-order valence-electron chi connectivity index (χ3n) is 11.1. The van der Waals surface area contributed by atoms with Crippen LogP contribution in [0.4, 0.5) is 0 Å². The van der Waals surface area contributed by atoms with E-state index in [2.05, 4.69) is 54.5 Å². The molecule has 4 rings (SSSR count). The van der Waals surface area contributed by atoms with Crippen LogP contribution in [0.15, 0.2) is 11.6 Å². The molecule has 0 saturated heterocycles. The van der Waals surface area contributed by atoms with Crippen LogP contribution in [0.3, 0.4) is 0 Å². The van der Waals surface area contributed by atoms with Crippen molar-refractivity contribution in [1.82, 2.24) is 0 Å². The average molecular weight is 413 g/mol. The van der Waals surface area contributed by atoms with Crippen LogP contribution in [0.5, 0.6) is 0 Å². The predicted molar refractivity (Wildman–Crippen MR) is 131 cm³/mol. The number of allylic oxidation sites excluding steroid dienone is 2. The minimum absolute atomic E-state index is 0.538. The summed E-state index contributed by atoms with van der Waals surface area (Å²) in [5.74, 6) is 7.59. The molecule has 0 spiro atoms. The van der Waals surface area contributed by atoms with Crippen LogP contribution in [-0.4, -0.2) is 0 Å². The molecular formula is C30H52. The summed E-state index contributed by atoms with van der Waals surface area (Å²) in [6.07, 6.45) is 19.0. The van der Waals surface area contributed by atoms with Gasteiger partial charge < -0.3 is 0 Å². The summed E-state index contributed by atoms with van der Waals surface area (Å²) in [6.45, 7) is 17.7. The molecule has 0 aliphatic heterocycles. The predicted octanol–water partition coefficient (Wildman–Crippen LogP) is 9.30. The lowest BCUT2D eigenvalue weighted by Gasteiger charge is -2.57. The Balaban J connectivity index is 1.47. The van der Waals surface area contributed by atoms with E-state index in [0.717, 1.165) is 47.3 Å². The summed E-state index contributed by atoms with van der Waals surface area (Å²) in [7, 11) is 0. The lowest BCUT2D eigenvalue weighted by atomic mass is 9.47. The molecule has 0 amide bonds. The molecule has 172 valence electrons. The quantitative estimate of drug-likeness (QED) is 0.381. The van der Waals surface area contributed by atoms with E-state index in [9.17, 15) is 0 Å². The van der Waals surface area contributed by atoms with Crippen LogP contribution in [0.2, 0.25) is 0 Å². The monoisotopic (exact) mass is 412 g/mol. The summed E-state index contributed by atoms with van der Waals surface area (Å²) in [4.78, 5) is 0. The first-order chi connectivity index (χ1) is 14.1. The van der Waals surface area contributed by atoms with Crippen molar-refractivity contribution in [3.63, 3.8) is 0 Å². The van der Waals surface area contributed by atoms with Gasteiger partial charge >= 0.3 is 0 Å². The Morgan fingerprint density at radius 1 is 0.933 bits per heavy atom. The summed E-state index contributed by atoms with van der Waals surface area (Å²) in [6, 6.07) is 0. The van der Waals surface area contributed by atoms with Crippen LogP contribution in [-0.2, 0) is 0 Å². The maximum atomic E-state index is 2.78. The first-order valence-corrected chi connectivity index (χ1v) is 13.8. The van der Waals surface area contributed by atoms with Crippen LogP contribution >= 0.6 is 0 Å². The van der Waals surface area contributed by atoms with Crippen LogP contribution in [0, 0.1) is 58.2 Å². The van der Waals surface area contributed by atoms with Gasteiger partial charge in [-0.1, -0.05) is 79.4 Å². The molecule has 0 heteroatoms. The van der Waals surface area contributed by atoms with E-state index in [1.165, 1.54) is 64.2 Å². The molecule has 0 aromatic rings. The molecule has 3 saturated carbocycles.